The fourth-order valence-electron chi connectivity index (χ4n) is 2.41. The van der Waals surface area contributed by atoms with Gasteiger partial charge in [-0.25, -0.2) is 0 Å². The van der Waals surface area contributed by atoms with E-state index < -0.39 is 17.8 Å². The summed E-state index contributed by atoms with van der Waals surface area (Å²) in [5, 5.41) is 10.1. The zero-order valence-corrected chi connectivity index (χ0v) is 11.7. The molecule has 2 aromatic rings. The van der Waals surface area contributed by atoms with Crippen LogP contribution in [0, 0.1) is 0 Å². The highest BCUT2D eigenvalue weighted by atomic mass is 19.4. The van der Waals surface area contributed by atoms with Crippen LogP contribution in [0.4, 0.5) is 13.2 Å². The van der Waals surface area contributed by atoms with Crippen LogP contribution in [0.2, 0.25) is 0 Å². The molecule has 0 aliphatic heterocycles. The number of aromatic nitrogens is 1. The van der Waals surface area contributed by atoms with Crippen molar-refractivity contribution in [1.82, 2.24) is 4.57 Å². The highest BCUT2D eigenvalue weighted by Crippen LogP contribution is 2.34. The predicted molar refractivity (Wildman–Crippen MR) is 72.7 cm³/mol. The van der Waals surface area contributed by atoms with Crippen molar-refractivity contribution in [3.63, 3.8) is 0 Å². The Morgan fingerprint density at radius 1 is 1.20 bits per heavy atom. The normalized spacial score (nSPS) is 14.2. The SMILES string of the molecule is CC(O)Cc1cn(C(C)C)c2ccc(C(F)(F)F)cc12. The van der Waals surface area contributed by atoms with Gasteiger partial charge in [0.25, 0.3) is 0 Å². The Morgan fingerprint density at radius 2 is 1.85 bits per heavy atom. The Hall–Kier alpha value is -1.49. The summed E-state index contributed by atoms with van der Waals surface area (Å²) in [5.74, 6) is 0. The maximum Gasteiger partial charge on any atom is 0.416 e. The summed E-state index contributed by atoms with van der Waals surface area (Å²) in [6, 6.07) is 3.93. The summed E-state index contributed by atoms with van der Waals surface area (Å²) in [7, 11) is 0. The summed E-state index contributed by atoms with van der Waals surface area (Å²) in [4.78, 5) is 0. The first-order valence-electron chi connectivity index (χ1n) is 6.59. The first kappa shape index (κ1) is 14.9. The number of aliphatic hydroxyl groups excluding tert-OH is 1. The fourth-order valence-corrected chi connectivity index (χ4v) is 2.41. The Labute approximate surface area is 115 Å². The van der Waals surface area contributed by atoms with Gasteiger partial charge in [0.1, 0.15) is 0 Å². The van der Waals surface area contributed by atoms with Gasteiger partial charge in [0.05, 0.1) is 11.7 Å². The highest BCUT2D eigenvalue weighted by Gasteiger charge is 2.31. The number of fused-ring (bicyclic) bond motifs is 1. The number of hydrogen-bond acceptors (Lipinski definition) is 1. The molecule has 0 aliphatic carbocycles. The van der Waals surface area contributed by atoms with Crippen LogP contribution < -0.4 is 0 Å². The van der Waals surface area contributed by atoms with Gasteiger partial charge in [-0.15, -0.1) is 0 Å². The highest BCUT2D eigenvalue weighted by molar-refractivity contribution is 5.85. The molecular formula is C15H18F3NO. The van der Waals surface area contributed by atoms with E-state index >= 15 is 0 Å². The van der Waals surface area contributed by atoms with Crippen molar-refractivity contribution in [1.29, 1.82) is 0 Å². The van der Waals surface area contributed by atoms with Gasteiger partial charge in [-0.3, -0.25) is 0 Å². The predicted octanol–water partition coefficient (Wildman–Crippen LogP) is 4.16. The van der Waals surface area contributed by atoms with Crippen molar-refractivity contribution < 1.29 is 18.3 Å². The molecule has 0 fully saturated rings. The van der Waals surface area contributed by atoms with Crippen molar-refractivity contribution >= 4 is 10.9 Å². The van der Waals surface area contributed by atoms with Crippen molar-refractivity contribution in [3.05, 3.63) is 35.5 Å². The molecule has 1 N–H and O–H groups in total. The average molecular weight is 285 g/mol. The van der Waals surface area contributed by atoms with E-state index in [1.54, 1.807) is 6.92 Å². The van der Waals surface area contributed by atoms with Crippen LogP contribution in [0.1, 0.15) is 37.9 Å². The van der Waals surface area contributed by atoms with Gasteiger partial charge >= 0.3 is 6.18 Å². The van der Waals surface area contributed by atoms with Gasteiger partial charge < -0.3 is 9.67 Å². The Balaban J connectivity index is 2.65. The molecule has 2 nitrogen and oxygen atoms in total. The van der Waals surface area contributed by atoms with Crippen LogP contribution in [-0.4, -0.2) is 15.8 Å². The molecule has 1 aromatic heterocycles. The third-order valence-electron chi connectivity index (χ3n) is 3.31. The summed E-state index contributed by atoms with van der Waals surface area (Å²) in [6.07, 6.45) is -2.76. The molecule has 1 unspecified atom stereocenters. The molecule has 0 spiro atoms. The molecule has 0 bridgehead atoms. The molecule has 1 heterocycles. The van der Waals surface area contributed by atoms with Crippen LogP contribution >= 0.6 is 0 Å². The van der Waals surface area contributed by atoms with Crippen LogP contribution in [0.15, 0.2) is 24.4 Å². The maximum absolute atomic E-state index is 12.8. The van der Waals surface area contributed by atoms with E-state index in [1.165, 1.54) is 12.1 Å². The summed E-state index contributed by atoms with van der Waals surface area (Å²) < 4.78 is 40.4. The van der Waals surface area contributed by atoms with E-state index in [1.807, 2.05) is 24.6 Å². The van der Waals surface area contributed by atoms with Gasteiger partial charge in [-0.1, -0.05) is 0 Å². The summed E-state index contributed by atoms with van der Waals surface area (Å²) >= 11 is 0. The molecule has 0 radical (unpaired) electrons. The number of hydrogen-bond donors (Lipinski definition) is 1. The Bertz CT molecular complexity index is 611. The standard InChI is InChI=1S/C15H18F3NO/c1-9(2)19-8-11(6-10(3)20)13-7-12(15(16,17)18)4-5-14(13)19/h4-5,7-10,20H,6H2,1-3H3. The lowest BCUT2D eigenvalue weighted by atomic mass is 10.1. The number of alkyl halides is 3. The molecular weight excluding hydrogens is 267 g/mol. The molecule has 1 aromatic carbocycles. The van der Waals surface area contributed by atoms with E-state index in [0.717, 1.165) is 17.1 Å². The number of benzene rings is 1. The van der Waals surface area contributed by atoms with Crippen molar-refractivity contribution in [3.8, 4) is 0 Å². The first-order valence-corrected chi connectivity index (χ1v) is 6.59. The van der Waals surface area contributed by atoms with E-state index in [2.05, 4.69) is 0 Å². The van der Waals surface area contributed by atoms with Gasteiger partial charge in [0.2, 0.25) is 0 Å². The second kappa shape index (κ2) is 5.13. The topological polar surface area (TPSA) is 25.2 Å². The Morgan fingerprint density at radius 3 is 2.35 bits per heavy atom. The van der Waals surface area contributed by atoms with Crippen LogP contribution in [0.5, 0.6) is 0 Å². The zero-order valence-electron chi connectivity index (χ0n) is 11.7. The minimum Gasteiger partial charge on any atom is -0.393 e. The van der Waals surface area contributed by atoms with Gasteiger partial charge in [-0.05, 0) is 44.5 Å². The number of halogens is 3. The minimum absolute atomic E-state index is 0.150. The van der Waals surface area contributed by atoms with E-state index in [4.69, 9.17) is 0 Å². The molecule has 110 valence electrons. The van der Waals surface area contributed by atoms with Gasteiger partial charge in [0, 0.05) is 29.6 Å². The van der Waals surface area contributed by atoms with E-state index in [9.17, 15) is 18.3 Å². The third kappa shape index (κ3) is 2.82. The number of nitrogens with zero attached hydrogens (tertiary/aromatic N) is 1. The molecule has 0 saturated heterocycles. The lowest BCUT2D eigenvalue weighted by Gasteiger charge is -2.10. The first-order chi connectivity index (χ1) is 9.20. The molecule has 20 heavy (non-hydrogen) atoms. The van der Waals surface area contributed by atoms with Crippen LogP contribution in [0.25, 0.3) is 10.9 Å². The molecule has 0 amide bonds. The second-order valence-corrected chi connectivity index (χ2v) is 5.44. The van der Waals surface area contributed by atoms with Crippen molar-refractivity contribution in [2.45, 2.75) is 45.5 Å². The maximum atomic E-state index is 12.8. The van der Waals surface area contributed by atoms with E-state index in [-0.39, 0.29) is 6.04 Å². The zero-order chi connectivity index (χ0) is 15.1. The molecule has 0 saturated carbocycles. The quantitative estimate of drug-likeness (QED) is 0.899. The smallest absolute Gasteiger partial charge is 0.393 e. The molecule has 1 atom stereocenters. The lowest BCUT2D eigenvalue weighted by molar-refractivity contribution is -0.137. The van der Waals surface area contributed by atoms with Crippen molar-refractivity contribution in [2.24, 2.45) is 0 Å². The molecule has 0 aliphatic rings. The monoisotopic (exact) mass is 285 g/mol. The number of rotatable bonds is 3. The van der Waals surface area contributed by atoms with Crippen molar-refractivity contribution in [2.75, 3.05) is 0 Å². The summed E-state index contributed by atoms with van der Waals surface area (Å²) in [5.41, 5.74) is 0.858. The lowest BCUT2D eigenvalue weighted by Crippen LogP contribution is -2.05. The third-order valence-corrected chi connectivity index (χ3v) is 3.31. The van der Waals surface area contributed by atoms with E-state index in [0.29, 0.717) is 11.8 Å². The van der Waals surface area contributed by atoms with Crippen LogP contribution in [-0.2, 0) is 12.6 Å². The van der Waals surface area contributed by atoms with Gasteiger partial charge in [-0.2, -0.15) is 13.2 Å². The summed E-state index contributed by atoms with van der Waals surface area (Å²) in [6.45, 7) is 5.58. The largest absolute Gasteiger partial charge is 0.416 e. The second-order valence-electron chi connectivity index (χ2n) is 5.44. The molecule has 5 heteroatoms. The Kier molecular flexibility index (Phi) is 3.82. The number of aliphatic hydroxyl groups is 1. The fraction of sp³-hybridized carbons (Fsp3) is 0.467. The average Bonchev–Trinajstić information content (AvgIpc) is 2.66. The minimum atomic E-state index is -4.35. The van der Waals surface area contributed by atoms with Gasteiger partial charge in [0.15, 0.2) is 0 Å². The van der Waals surface area contributed by atoms with Crippen LogP contribution in [0.3, 0.4) is 0 Å². The molecule has 2 rings (SSSR count).